The van der Waals surface area contributed by atoms with E-state index in [1.165, 1.54) is 0 Å². The molecule has 0 unspecified atom stereocenters. The highest BCUT2D eigenvalue weighted by Crippen LogP contribution is 2.21. The molecule has 0 aromatic rings. The molecule has 0 spiro atoms. The zero-order valence-electron chi connectivity index (χ0n) is 7.17. The van der Waals surface area contributed by atoms with E-state index in [9.17, 15) is 10.2 Å². The number of hydrogen-bond donors (Lipinski definition) is 4. The first-order chi connectivity index (χ1) is 5.66. The van der Waals surface area contributed by atoms with Gasteiger partial charge in [0.05, 0.1) is 25.4 Å². The van der Waals surface area contributed by atoms with Crippen molar-refractivity contribution in [2.45, 2.75) is 30.8 Å². The van der Waals surface area contributed by atoms with E-state index in [0.717, 1.165) is 0 Å². The van der Waals surface area contributed by atoms with Crippen molar-refractivity contribution in [3.05, 3.63) is 0 Å². The van der Waals surface area contributed by atoms with Crippen LogP contribution in [0.4, 0.5) is 0 Å². The predicted molar refractivity (Wildman–Crippen MR) is 48.7 cm³/mol. The van der Waals surface area contributed by atoms with Crippen molar-refractivity contribution < 1.29 is 20.1 Å². The Bertz CT molecular complexity index is 148. The van der Waals surface area contributed by atoms with Crippen molar-refractivity contribution >= 4 is 12.4 Å². The van der Waals surface area contributed by atoms with E-state index < -0.39 is 24.4 Å². The Labute approximate surface area is 82.9 Å². The highest BCUT2D eigenvalue weighted by molar-refractivity contribution is 5.85. The molecule has 0 radical (unpaired) electrons. The van der Waals surface area contributed by atoms with Crippen molar-refractivity contribution in [2.75, 3.05) is 13.2 Å². The fourth-order valence-electron chi connectivity index (χ4n) is 1.39. The maximum atomic E-state index is 9.32. The molecule has 1 aliphatic rings. The minimum absolute atomic E-state index is 0. The molecule has 0 bridgehead atoms. The van der Waals surface area contributed by atoms with Crippen LogP contribution in [0.25, 0.3) is 0 Å². The summed E-state index contributed by atoms with van der Waals surface area (Å²) < 4.78 is 5.07. The van der Waals surface area contributed by atoms with Crippen LogP contribution in [0.15, 0.2) is 0 Å². The van der Waals surface area contributed by atoms with Crippen molar-refractivity contribution in [1.82, 2.24) is 0 Å². The topological polar surface area (TPSA) is 95.9 Å². The number of halogens is 1. The Balaban J connectivity index is 0.00000144. The second kappa shape index (κ2) is 5.74. The van der Waals surface area contributed by atoms with E-state index in [4.69, 9.17) is 15.6 Å². The molecule has 0 aromatic heterocycles. The van der Waals surface area contributed by atoms with Gasteiger partial charge in [-0.3, -0.25) is 0 Å². The molecule has 4 atom stereocenters. The summed E-state index contributed by atoms with van der Waals surface area (Å²) in [5, 5.41) is 27.0. The second-order valence-electron chi connectivity index (χ2n) is 3.01. The molecule has 80 valence electrons. The lowest BCUT2D eigenvalue weighted by Gasteiger charge is -2.16. The van der Waals surface area contributed by atoms with Gasteiger partial charge in [0.1, 0.15) is 6.10 Å². The van der Waals surface area contributed by atoms with Crippen molar-refractivity contribution in [3.8, 4) is 0 Å². The number of aliphatic hydroxyl groups is 3. The van der Waals surface area contributed by atoms with Crippen LogP contribution in [-0.2, 0) is 4.74 Å². The maximum absolute atomic E-state index is 9.32. The largest absolute Gasteiger partial charge is 0.394 e. The number of ether oxygens (including phenoxy) is 1. The van der Waals surface area contributed by atoms with E-state index in [0.29, 0.717) is 6.42 Å². The molecule has 13 heavy (non-hydrogen) atoms. The molecular formula is C7H16ClNO4. The van der Waals surface area contributed by atoms with E-state index in [1.807, 2.05) is 0 Å². The van der Waals surface area contributed by atoms with Gasteiger partial charge in [-0.15, -0.1) is 12.4 Å². The number of nitrogens with two attached hydrogens (primary N) is 1. The first-order valence-corrected chi connectivity index (χ1v) is 4.01. The van der Waals surface area contributed by atoms with Crippen LogP contribution < -0.4 is 5.73 Å². The lowest BCUT2D eigenvalue weighted by molar-refractivity contribution is -0.0615. The van der Waals surface area contributed by atoms with Gasteiger partial charge in [-0.1, -0.05) is 0 Å². The van der Waals surface area contributed by atoms with Gasteiger partial charge in [-0.05, 0) is 6.42 Å². The summed E-state index contributed by atoms with van der Waals surface area (Å²) in [5.74, 6) is 0. The average Bonchev–Trinajstić information content (AvgIpc) is 2.30. The van der Waals surface area contributed by atoms with Gasteiger partial charge in [0.2, 0.25) is 0 Å². The number of aliphatic hydroxyl groups excluding tert-OH is 3. The highest BCUT2D eigenvalue weighted by atomic mass is 35.5. The predicted octanol–water partition coefficient (Wildman–Crippen LogP) is -1.76. The fourth-order valence-corrected chi connectivity index (χ4v) is 1.39. The zero-order valence-corrected chi connectivity index (χ0v) is 7.98. The fraction of sp³-hybridized carbons (Fsp3) is 1.00. The van der Waals surface area contributed by atoms with Gasteiger partial charge in [0.25, 0.3) is 0 Å². The molecule has 0 aromatic carbocycles. The van der Waals surface area contributed by atoms with Gasteiger partial charge in [0, 0.05) is 6.04 Å². The minimum atomic E-state index is -0.924. The van der Waals surface area contributed by atoms with E-state index >= 15 is 0 Å². The summed E-state index contributed by atoms with van der Waals surface area (Å²) in [5.41, 5.74) is 5.48. The Hall–Kier alpha value is 0.0900. The van der Waals surface area contributed by atoms with Crippen LogP contribution in [0, 0.1) is 0 Å². The quantitative estimate of drug-likeness (QED) is 0.446. The van der Waals surface area contributed by atoms with Gasteiger partial charge >= 0.3 is 0 Å². The third-order valence-electron chi connectivity index (χ3n) is 2.10. The maximum Gasteiger partial charge on any atom is 0.108 e. The first kappa shape index (κ1) is 13.1. The molecule has 6 heteroatoms. The molecule has 0 saturated heterocycles. The Morgan fingerprint density at radius 3 is 2.31 bits per heavy atom. The summed E-state index contributed by atoms with van der Waals surface area (Å²) in [7, 11) is 0. The van der Waals surface area contributed by atoms with Crippen LogP contribution in [0.2, 0.25) is 0 Å². The minimum Gasteiger partial charge on any atom is -0.394 e. The van der Waals surface area contributed by atoms with Crippen LogP contribution in [0.3, 0.4) is 0 Å². The summed E-state index contributed by atoms with van der Waals surface area (Å²) in [6, 6.07) is -0.427. The molecule has 5 nitrogen and oxygen atoms in total. The molecule has 0 amide bonds. The molecule has 1 fully saturated rings. The Kier molecular flexibility index (Phi) is 5.78. The lowest BCUT2D eigenvalue weighted by Crippen LogP contribution is -2.36. The van der Waals surface area contributed by atoms with Crippen LogP contribution in [0.1, 0.15) is 6.42 Å². The second-order valence-corrected chi connectivity index (χ2v) is 3.01. The van der Waals surface area contributed by atoms with Crippen molar-refractivity contribution in [1.29, 1.82) is 0 Å². The van der Waals surface area contributed by atoms with Gasteiger partial charge < -0.3 is 25.8 Å². The molecule has 1 aliphatic carbocycles. The van der Waals surface area contributed by atoms with E-state index in [1.54, 1.807) is 0 Å². The normalized spacial score (nSPS) is 38.8. The third-order valence-corrected chi connectivity index (χ3v) is 2.10. The summed E-state index contributed by atoms with van der Waals surface area (Å²) in [6.07, 6.45) is -1.84. The summed E-state index contributed by atoms with van der Waals surface area (Å²) in [6.45, 7) is 0.0791. The molecule has 0 heterocycles. The molecular weight excluding hydrogens is 198 g/mol. The third kappa shape index (κ3) is 3.05. The summed E-state index contributed by atoms with van der Waals surface area (Å²) in [4.78, 5) is 0. The number of hydrogen-bond acceptors (Lipinski definition) is 5. The molecule has 1 rings (SSSR count). The van der Waals surface area contributed by atoms with Crippen LogP contribution in [0.5, 0.6) is 0 Å². The molecule has 1 saturated carbocycles. The van der Waals surface area contributed by atoms with Gasteiger partial charge in [0.15, 0.2) is 0 Å². The number of rotatable bonds is 3. The van der Waals surface area contributed by atoms with Crippen molar-refractivity contribution in [2.24, 2.45) is 5.73 Å². The zero-order chi connectivity index (χ0) is 9.14. The highest BCUT2D eigenvalue weighted by Gasteiger charge is 2.39. The Morgan fingerprint density at radius 2 is 1.92 bits per heavy atom. The van der Waals surface area contributed by atoms with Gasteiger partial charge in [-0.25, -0.2) is 0 Å². The monoisotopic (exact) mass is 213 g/mol. The van der Waals surface area contributed by atoms with Gasteiger partial charge in [-0.2, -0.15) is 0 Å². The van der Waals surface area contributed by atoms with Crippen LogP contribution >= 0.6 is 12.4 Å². The lowest BCUT2D eigenvalue weighted by atomic mass is 10.2. The SMILES string of the molecule is Cl.N[C@@H]1C[C@H](OCCO)[C@@H](O)[C@H]1O. The molecule has 5 N–H and O–H groups in total. The average molecular weight is 214 g/mol. The van der Waals surface area contributed by atoms with Crippen molar-refractivity contribution in [3.63, 3.8) is 0 Å². The Morgan fingerprint density at radius 1 is 1.31 bits per heavy atom. The first-order valence-electron chi connectivity index (χ1n) is 4.01. The van der Waals surface area contributed by atoms with Crippen LogP contribution in [-0.4, -0.2) is 52.9 Å². The molecule has 0 aliphatic heterocycles. The summed E-state index contributed by atoms with van der Waals surface area (Å²) >= 11 is 0. The smallest absolute Gasteiger partial charge is 0.108 e. The van der Waals surface area contributed by atoms with E-state index in [2.05, 4.69) is 0 Å². The van der Waals surface area contributed by atoms with E-state index in [-0.39, 0.29) is 25.6 Å². The standard InChI is InChI=1S/C7H15NO4.ClH/c8-4-3-5(12-2-1-9)7(11)6(4)10;/h4-7,9-11H,1-3,8H2;1H/t4-,5+,6+,7-;/m1./s1.